The van der Waals surface area contributed by atoms with Crippen LogP contribution in [0.2, 0.25) is 0 Å². The highest BCUT2D eigenvalue weighted by Crippen LogP contribution is 2.40. The van der Waals surface area contributed by atoms with Gasteiger partial charge < -0.3 is 19.8 Å². The Morgan fingerprint density at radius 1 is 0.897 bits per heavy atom. The van der Waals surface area contributed by atoms with Gasteiger partial charge in [-0.05, 0) is 43.2 Å². The number of nitrogens with zero attached hydrogens (tertiary/aromatic N) is 3. The first-order valence-corrected chi connectivity index (χ1v) is 12.2. The van der Waals surface area contributed by atoms with E-state index in [1.165, 1.54) is 42.6 Å². The van der Waals surface area contributed by atoms with Crippen LogP contribution in [0.25, 0.3) is 0 Å². The number of aliphatic hydroxyl groups excluding tert-OH is 1. The van der Waals surface area contributed by atoms with E-state index in [0.717, 1.165) is 5.56 Å². The lowest BCUT2D eigenvalue weighted by molar-refractivity contribution is -0.144. The van der Waals surface area contributed by atoms with Crippen molar-refractivity contribution < 1.29 is 41.0 Å². The molecule has 0 saturated carbocycles. The highest BCUT2D eigenvalue weighted by atomic mass is 19.4. The number of urea groups is 1. The Balaban J connectivity index is 2.00. The number of amides is 3. The minimum absolute atomic E-state index is 0.0303. The summed E-state index contributed by atoms with van der Waals surface area (Å²) in [6.45, 7) is 2.73. The molecule has 1 heterocycles. The Labute approximate surface area is 222 Å². The SMILES string of the molecule is CN(CCO)C(=O)N1CC(c2ccccc2)[C@H](N(C)C(=O)C(C)(C)c2cc(C(F)(F)F)cc(C(F)(F)F)c2)C1. The number of likely N-dealkylation sites (tertiary alicyclic amines) is 1. The van der Waals surface area contributed by atoms with Gasteiger partial charge in [0.1, 0.15) is 0 Å². The maximum atomic E-state index is 13.8. The van der Waals surface area contributed by atoms with E-state index in [-0.39, 0.29) is 44.3 Å². The molecule has 3 amide bonds. The van der Waals surface area contributed by atoms with Crippen LogP contribution in [0.5, 0.6) is 0 Å². The molecule has 0 radical (unpaired) electrons. The lowest BCUT2D eigenvalue weighted by Gasteiger charge is -2.36. The van der Waals surface area contributed by atoms with E-state index in [1.54, 1.807) is 18.2 Å². The summed E-state index contributed by atoms with van der Waals surface area (Å²) in [7, 11) is 2.96. The van der Waals surface area contributed by atoms with Crippen molar-refractivity contribution in [1.82, 2.24) is 14.7 Å². The highest BCUT2D eigenvalue weighted by Gasteiger charge is 2.45. The zero-order chi connectivity index (χ0) is 29.3. The molecule has 1 saturated heterocycles. The molecule has 0 aromatic heterocycles. The number of rotatable bonds is 6. The van der Waals surface area contributed by atoms with Gasteiger partial charge in [-0.1, -0.05) is 30.3 Å². The summed E-state index contributed by atoms with van der Waals surface area (Å²) in [5.41, 5.74) is -4.36. The number of benzene rings is 2. The highest BCUT2D eigenvalue weighted by molar-refractivity contribution is 5.88. The number of halogens is 6. The van der Waals surface area contributed by atoms with Crippen molar-refractivity contribution in [2.75, 3.05) is 40.3 Å². The number of hydrogen-bond donors (Lipinski definition) is 1. The van der Waals surface area contributed by atoms with Gasteiger partial charge in [-0.2, -0.15) is 26.3 Å². The van der Waals surface area contributed by atoms with Crippen molar-refractivity contribution >= 4 is 11.9 Å². The summed E-state index contributed by atoms with van der Waals surface area (Å²) in [5, 5.41) is 9.20. The number of hydrogen-bond acceptors (Lipinski definition) is 3. The quantitative estimate of drug-likeness (QED) is 0.509. The van der Waals surface area contributed by atoms with Gasteiger partial charge in [0.25, 0.3) is 0 Å². The van der Waals surface area contributed by atoms with Crippen LogP contribution in [0, 0.1) is 0 Å². The second kappa shape index (κ2) is 11.1. The molecule has 1 fully saturated rings. The summed E-state index contributed by atoms with van der Waals surface area (Å²) in [6, 6.07) is 9.23. The van der Waals surface area contributed by atoms with E-state index in [0.29, 0.717) is 12.1 Å². The van der Waals surface area contributed by atoms with E-state index < -0.39 is 46.4 Å². The predicted octanol–water partition coefficient (Wildman–Crippen LogP) is 4.97. The molecule has 2 aromatic carbocycles. The van der Waals surface area contributed by atoms with Gasteiger partial charge in [-0.25, -0.2) is 4.79 Å². The third kappa shape index (κ3) is 6.48. The molecule has 39 heavy (non-hydrogen) atoms. The van der Waals surface area contributed by atoms with Crippen molar-refractivity contribution in [3.8, 4) is 0 Å². The lowest BCUT2D eigenvalue weighted by Crippen LogP contribution is -2.49. The van der Waals surface area contributed by atoms with Gasteiger partial charge in [0.15, 0.2) is 0 Å². The number of alkyl halides is 6. The molecule has 3 rings (SSSR count). The Morgan fingerprint density at radius 2 is 1.41 bits per heavy atom. The van der Waals surface area contributed by atoms with Crippen molar-refractivity contribution in [2.24, 2.45) is 0 Å². The molecule has 1 aliphatic rings. The normalized spacial score (nSPS) is 18.3. The van der Waals surface area contributed by atoms with Gasteiger partial charge in [0.05, 0.1) is 29.2 Å². The van der Waals surface area contributed by atoms with Gasteiger partial charge in [0, 0.05) is 39.6 Å². The minimum Gasteiger partial charge on any atom is -0.395 e. The van der Waals surface area contributed by atoms with E-state index in [9.17, 15) is 41.0 Å². The predicted molar refractivity (Wildman–Crippen MR) is 132 cm³/mol. The van der Waals surface area contributed by atoms with E-state index in [1.807, 2.05) is 12.1 Å². The Bertz CT molecular complexity index is 1150. The maximum absolute atomic E-state index is 13.8. The topological polar surface area (TPSA) is 64.1 Å². The number of carbonyl (C=O) groups excluding carboxylic acids is 2. The smallest absolute Gasteiger partial charge is 0.395 e. The van der Waals surface area contributed by atoms with E-state index in [4.69, 9.17) is 0 Å². The summed E-state index contributed by atoms with van der Waals surface area (Å²) >= 11 is 0. The van der Waals surface area contributed by atoms with E-state index >= 15 is 0 Å². The Kier molecular flexibility index (Phi) is 8.59. The first-order valence-electron chi connectivity index (χ1n) is 12.2. The molecule has 0 aliphatic carbocycles. The molecular formula is C27H31F6N3O3. The summed E-state index contributed by atoms with van der Waals surface area (Å²) in [6.07, 6.45) is -10.1. The van der Waals surface area contributed by atoms with Crippen molar-refractivity contribution in [3.63, 3.8) is 0 Å². The first-order chi connectivity index (χ1) is 18.0. The van der Waals surface area contributed by atoms with Gasteiger partial charge in [0.2, 0.25) is 5.91 Å². The Morgan fingerprint density at radius 3 is 1.90 bits per heavy atom. The molecule has 1 unspecified atom stereocenters. The van der Waals surface area contributed by atoms with Crippen LogP contribution in [0.15, 0.2) is 48.5 Å². The van der Waals surface area contributed by atoms with Crippen LogP contribution in [0.3, 0.4) is 0 Å². The number of carbonyl (C=O) groups is 2. The van der Waals surface area contributed by atoms with Crippen LogP contribution in [0.1, 0.15) is 42.0 Å². The number of likely N-dealkylation sites (N-methyl/N-ethyl adjacent to an activating group) is 2. The first kappa shape index (κ1) is 30.3. The average molecular weight is 560 g/mol. The molecule has 214 valence electrons. The van der Waals surface area contributed by atoms with Gasteiger partial charge in [-0.15, -0.1) is 0 Å². The zero-order valence-electron chi connectivity index (χ0n) is 22.0. The van der Waals surface area contributed by atoms with Gasteiger partial charge >= 0.3 is 18.4 Å². The minimum atomic E-state index is -5.05. The van der Waals surface area contributed by atoms with E-state index in [2.05, 4.69) is 0 Å². The maximum Gasteiger partial charge on any atom is 0.416 e. The van der Waals surface area contributed by atoms with Crippen molar-refractivity contribution in [2.45, 2.75) is 43.6 Å². The molecule has 6 nitrogen and oxygen atoms in total. The van der Waals surface area contributed by atoms with Crippen LogP contribution in [-0.2, 0) is 22.6 Å². The number of aliphatic hydroxyl groups is 1. The summed E-state index contributed by atoms with van der Waals surface area (Å²) in [5.74, 6) is -1.06. The average Bonchev–Trinajstić information content (AvgIpc) is 3.32. The van der Waals surface area contributed by atoms with Crippen molar-refractivity contribution in [3.05, 3.63) is 70.8 Å². The molecule has 0 spiro atoms. The molecule has 12 heteroatoms. The lowest BCUT2D eigenvalue weighted by atomic mass is 9.80. The van der Waals surface area contributed by atoms with Crippen LogP contribution >= 0.6 is 0 Å². The Hall–Kier alpha value is -3.28. The molecule has 0 bridgehead atoms. The fourth-order valence-electron chi connectivity index (χ4n) is 4.88. The third-order valence-electron chi connectivity index (χ3n) is 7.21. The van der Waals surface area contributed by atoms with Crippen LogP contribution in [0.4, 0.5) is 31.1 Å². The second-order valence-electron chi connectivity index (χ2n) is 10.3. The fraction of sp³-hybridized carbons (Fsp3) is 0.481. The third-order valence-corrected chi connectivity index (χ3v) is 7.21. The van der Waals surface area contributed by atoms with Crippen LogP contribution in [-0.4, -0.2) is 78.1 Å². The largest absolute Gasteiger partial charge is 0.416 e. The van der Waals surface area contributed by atoms with Crippen LogP contribution < -0.4 is 0 Å². The second-order valence-corrected chi connectivity index (χ2v) is 10.3. The summed E-state index contributed by atoms with van der Waals surface area (Å²) < 4.78 is 80.9. The zero-order valence-corrected chi connectivity index (χ0v) is 22.0. The fourth-order valence-corrected chi connectivity index (χ4v) is 4.88. The molecular weight excluding hydrogens is 528 g/mol. The standard InChI is InChI=1S/C27H31F6N3O3/c1-25(2,18-12-19(26(28,29)30)14-20(13-18)27(31,32)33)23(38)35(4)22-16-36(24(39)34(3)10-11-37)15-21(22)17-8-6-5-7-9-17/h5-9,12-14,21-22,37H,10-11,15-16H2,1-4H3/t21?,22-/m1/s1. The molecule has 1 aliphatic heterocycles. The molecule has 2 aromatic rings. The van der Waals surface area contributed by atoms with Crippen molar-refractivity contribution in [1.29, 1.82) is 0 Å². The molecule has 1 N–H and O–H groups in total. The molecule has 2 atom stereocenters. The summed E-state index contributed by atoms with van der Waals surface area (Å²) in [4.78, 5) is 30.9. The van der Waals surface area contributed by atoms with Gasteiger partial charge in [-0.3, -0.25) is 4.79 Å². The monoisotopic (exact) mass is 559 g/mol.